The molecule has 4 aromatic rings. The molecule has 2 aromatic heterocycles. The van der Waals surface area contributed by atoms with E-state index in [9.17, 15) is 4.79 Å². The highest BCUT2D eigenvalue weighted by molar-refractivity contribution is 5.91. The van der Waals surface area contributed by atoms with Gasteiger partial charge in [0.1, 0.15) is 5.65 Å². The molecule has 2 aromatic carbocycles. The van der Waals surface area contributed by atoms with Crippen LogP contribution in [0.4, 0.5) is 5.69 Å². The van der Waals surface area contributed by atoms with E-state index in [1.165, 1.54) is 0 Å². The number of anilines is 1. The van der Waals surface area contributed by atoms with E-state index < -0.39 is 0 Å². The van der Waals surface area contributed by atoms with Crippen molar-refractivity contribution >= 4 is 17.2 Å². The molecule has 0 radical (unpaired) electrons. The number of carbonyl (C=O) groups excluding carboxylic acids is 1. The van der Waals surface area contributed by atoms with E-state index in [4.69, 9.17) is 4.98 Å². The number of nitrogens with zero attached hydrogens (tertiary/aromatic N) is 2. The zero-order chi connectivity index (χ0) is 19.5. The van der Waals surface area contributed by atoms with Gasteiger partial charge in [-0.25, -0.2) is 4.98 Å². The second-order valence-electron chi connectivity index (χ2n) is 7.07. The van der Waals surface area contributed by atoms with Crippen molar-refractivity contribution in [3.63, 3.8) is 0 Å². The molecule has 4 nitrogen and oxygen atoms in total. The number of amides is 1. The van der Waals surface area contributed by atoms with E-state index in [1.54, 1.807) is 0 Å². The number of pyridine rings is 1. The summed E-state index contributed by atoms with van der Waals surface area (Å²) < 4.78 is 2.08. The molecule has 0 saturated carbocycles. The van der Waals surface area contributed by atoms with Gasteiger partial charge in [-0.3, -0.25) is 4.79 Å². The van der Waals surface area contributed by atoms with E-state index >= 15 is 0 Å². The van der Waals surface area contributed by atoms with Crippen molar-refractivity contribution in [1.82, 2.24) is 9.38 Å². The van der Waals surface area contributed by atoms with Crippen LogP contribution in [0, 0.1) is 13.8 Å². The van der Waals surface area contributed by atoms with Gasteiger partial charge in [-0.05, 0) is 49.6 Å². The molecule has 140 valence electrons. The van der Waals surface area contributed by atoms with Crippen molar-refractivity contribution in [3.05, 3.63) is 89.7 Å². The molecule has 0 aliphatic carbocycles. The maximum absolute atomic E-state index is 12.6. The Morgan fingerprint density at radius 1 is 1.00 bits per heavy atom. The highest BCUT2D eigenvalue weighted by atomic mass is 16.1. The van der Waals surface area contributed by atoms with Crippen LogP contribution in [0.2, 0.25) is 0 Å². The van der Waals surface area contributed by atoms with Crippen molar-refractivity contribution in [3.8, 4) is 11.3 Å². The van der Waals surface area contributed by atoms with Crippen LogP contribution in [0.1, 0.15) is 23.2 Å². The van der Waals surface area contributed by atoms with Crippen molar-refractivity contribution in [2.45, 2.75) is 26.7 Å². The Morgan fingerprint density at radius 3 is 2.61 bits per heavy atom. The molecule has 2 heterocycles. The molecular weight excluding hydrogens is 346 g/mol. The Morgan fingerprint density at radius 2 is 1.79 bits per heavy atom. The second kappa shape index (κ2) is 7.69. The predicted molar refractivity (Wildman–Crippen MR) is 113 cm³/mol. The topological polar surface area (TPSA) is 46.4 Å². The SMILES string of the molecule is Cc1ccc(C)c(NC(=O)CCc2c(-c3ccccc3)nc3ccccn23)c1. The van der Waals surface area contributed by atoms with Crippen LogP contribution in [0.15, 0.2) is 72.9 Å². The maximum Gasteiger partial charge on any atom is 0.224 e. The quantitative estimate of drug-likeness (QED) is 0.526. The summed E-state index contributed by atoms with van der Waals surface area (Å²) in [6, 6.07) is 22.2. The fraction of sp³-hybridized carbons (Fsp3) is 0.167. The van der Waals surface area contributed by atoms with Crippen LogP contribution in [0.25, 0.3) is 16.9 Å². The summed E-state index contributed by atoms with van der Waals surface area (Å²) in [5.74, 6) is 0.0126. The lowest BCUT2D eigenvalue weighted by atomic mass is 10.1. The van der Waals surface area contributed by atoms with Crippen LogP contribution >= 0.6 is 0 Å². The molecule has 0 fully saturated rings. The first-order chi connectivity index (χ1) is 13.6. The van der Waals surface area contributed by atoms with Crippen molar-refractivity contribution in [2.75, 3.05) is 5.32 Å². The Balaban J connectivity index is 1.59. The molecule has 4 rings (SSSR count). The van der Waals surface area contributed by atoms with Gasteiger partial charge in [0.15, 0.2) is 0 Å². The standard InChI is InChI=1S/C24H23N3O/c1-17-11-12-18(2)20(16-17)25-23(28)14-13-21-24(19-8-4-3-5-9-19)26-22-10-6-7-15-27(21)22/h3-12,15-16H,13-14H2,1-2H3,(H,25,28). The summed E-state index contributed by atoms with van der Waals surface area (Å²) in [5.41, 5.74) is 7.03. The highest BCUT2D eigenvalue weighted by Gasteiger charge is 2.15. The average Bonchev–Trinajstić information content (AvgIpc) is 3.08. The molecule has 0 atom stereocenters. The molecule has 28 heavy (non-hydrogen) atoms. The van der Waals surface area contributed by atoms with Crippen LogP contribution in [0.5, 0.6) is 0 Å². The number of imidazole rings is 1. The minimum Gasteiger partial charge on any atom is -0.326 e. The van der Waals surface area contributed by atoms with Crippen LogP contribution in [0.3, 0.4) is 0 Å². The molecule has 0 aliphatic rings. The number of aromatic nitrogens is 2. The van der Waals surface area contributed by atoms with Crippen LogP contribution < -0.4 is 5.32 Å². The number of nitrogens with one attached hydrogen (secondary N) is 1. The number of hydrogen-bond donors (Lipinski definition) is 1. The number of aryl methyl sites for hydroxylation is 3. The molecule has 1 N–H and O–H groups in total. The molecule has 0 unspecified atom stereocenters. The van der Waals surface area contributed by atoms with E-state index in [0.29, 0.717) is 12.8 Å². The molecule has 1 amide bonds. The first-order valence-corrected chi connectivity index (χ1v) is 9.50. The average molecular weight is 369 g/mol. The fourth-order valence-corrected chi connectivity index (χ4v) is 3.43. The van der Waals surface area contributed by atoms with Crippen LogP contribution in [-0.4, -0.2) is 15.3 Å². The zero-order valence-corrected chi connectivity index (χ0v) is 16.1. The Labute approximate surface area is 164 Å². The number of fused-ring (bicyclic) bond motifs is 1. The molecular formula is C24H23N3O. The van der Waals surface area contributed by atoms with Crippen molar-refractivity contribution in [2.24, 2.45) is 0 Å². The molecule has 0 spiro atoms. The summed E-state index contributed by atoms with van der Waals surface area (Å²) in [4.78, 5) is 17.4. The Bertz CT molecular complexity index is 1130. The van der Waals surface area contributed by atoms with E-state index in [-0.39, 0.29) is 5.91 Å². The number of carbonyl (C=O) groups is 1. The summed E-state index contributed by atoms with van der Waals surface area (Å²) >= 11 is 0. The predicted octanol–water partition coefficient (Wildman–Crippen LogP) is 5.19. The van der Waals surface area contributed by atoms with Crippen molar-refractivity contribution < 1.29 is 4.79 Å². The van der Waals surface area contributed by atoms with Gasteiger partial charge < -0.3 is 9.72 Å². The van der Waals surface area contributed by atoms with Gasteiger partial charge in [-0.1, -0.05) is 48.5 Å². The summed E-state index contributed by atoms with van der Waals surface area (Å²) in [5, 5.41) is 3.05. The van der Waals surface area contributed by atoms with E-state index in [1.807, 2.05) is 68.6 Å². The lowest BCUT2D eigenvalue weighted by Crippen LogP contribution is -2.14. The third kappa shape index (κ3) is 3.67. The summed E-state index contributed by atoms with van der Waals surface area (Å²) in [6.07, 6.45) is 3.02. The van der Waals surface area contributed by atoms with Gasteiger partial charge in [0, 0.05) is 23.9 Å². The summed E-state index contributed by atoms with van der Waals surface area (Å²) in [7, 11) is 0. The lowest BCUT2D eigenvalue weighted by Gasteiger charge is -2.10. The number of benzene rings is 2. The second-order valence-corrected chi connectivity index (χ2v) is 7.07. The summed E-state index contributed by atoms with van der Waals surface area (Å²) in [6.45, 7) is 4.03. The van der Waals surface area contributed by atoms with Gasteiger partial charge in [0.2, 0.25) is 5.91 Å². The first kappa shape index (κ1) is 18.0. The smallest absolute Gasteiger partial charge is 0.224 e. The minimum atomic E-state index is 0.0126. The number of rotatable bonds is 5. The third-order valence-electron chi connectivity index (χ3n) is 4.93. The lowest BCUT2D eigenvalue weighted by molar-refractivity contribution is -0.116. The highest BCUT2D eigenvalue weighted by Crippen LogP contribution is 2.25. The van der Waals surface area contributed by atoms with Gasteiger partial charge >= 0.3 is 0 Å². The van der Waals surface area contributed by atoms with Gasteiger partial charge in [0.25, 0.3) is 0 Å². The first-order valence-electron chi connectivity index (χ1n) is 9.50. The largest absolute Gasteiger partial charge is 0.326 e. The Kier molecular flexibility index (Phi) is 4.94. The number of hydrogen-bond acceptors (Lipinski definition) is 2. The molecule has 4 heteroatoms. The van der Waals surface area contributed by atoms with Crippen LogP contribution in [-0.2, 0) is 11.2 Å². The van der Waals surface area contributed by atoms with Gasteiger partial charge in [-0.15, -0.1) is 0 Å². The monoisotopic (exact) mass is 369 g/mol. The molecule has 0 aliphatic heterocycles. The normalized spacial score (nSPS) is 10.9. The Hall–Kier alpha value is -3.40. The molecule has 0 saturated heterocycles. The molecule has 0 bridgehead atoms. The maximum atomic E-state index is 12.6. The van der Waals surface area contributed by atoms with E-state index in [0.717, 1.165) is 39.4 Å². The van der Waals surface area contributed by atoms with E-state index in [2.05, 4.69) is 27.9 Å². The minimum absolute atomic E-state index is 0.0126. The van der Waals surface area contributed by atoms with Gasteiger partial charge in [-0.2, -0.15) is 0 Å². The third-order valence-corrected chi connectivity index (χ3v) is 4.93. The van der Waals surface area contributed by atoms with Crippen molar-refractivity contribution in [1.29, 1.82) is 0 Å². The zero-order valence-electron chi connectivity index (χ0n) is 16.1. The fourth-order valence-electron chi connectivity index (χ4n) is 3.43. The van der Waals surface area contributed by atoms with Gasteiger partial charge in [0.05, 0.1) is 11.4 Å².